The zero-order valence-electron chi connectivity index (χ0n) is 37.6. The maximum atomic E-state index is 13.2. The number of amides is 2. The fraction of sp³-hybridized carbons (Fsp3) is 0.346. The lowest BCUT2D eigenvalue weighted by molar-refractivity contribution is -0.686. The number of carbonyl (C=O) groups excluding carboxylic acids is 4. The monoisotopic (exact) mass is 896 g/mol. The molecule has 0 saturated heterocycles. The molecule has 0 radical (unpaired) electrons. The first-order valence-corrected chi connectivity index (χ1v) is 22.9. The summed E-state index contributed by atoms with van der Waals surface area (Å²) in [5.74, 6) is -4.31. The Bertz CT molecular complexity index is 2440. The normalized spacial score (nSPS) is 18.6. The fourth-order valence-electron chi connectivity index (χ4n) is 9.88. The van der Waals surface area contributed by atoms with Crippen LogP contribution in [0.2, 0.25) is 0 Å². The second-order valence-corrected chi connectivity index (χ2v) is 17.4. The van der Waals surface area contributed by atoms with Gasteiger partial charge in [-0.25, -0.2) is 19.2 Å². The fourth-order valence-corrected chi connectivity index (χ4v) is 9.88. The summed E-state index contributed by atoms with van der Waals surface area (Å²) in [6, 6.07) is 15.0. The summed E-state index contributed by atoms with van der Waals surface area (Å²) < 4.78 is 10.9. The van der Waals surface area contributed by atoms with Gasteiger partial charge in [-0.1, -0.05) is 64.1 Å². The quantitative estimate of drug-likeness (QED) is 0.0412. The lowest BCUT2D eigenvalue weighted by atomic mass is 9.96. The molecular weight excluding hydrogens is 841 g/mol. The van der Waals surface area contributed by atoms with Crippen LogP contribution in [0.4, 0.5) is 11.4 Å². The van der Waals surface area contributed by atoms with Crippen molar-refractivity contribution in [2.24, 2.45) is 0 Å². The molecule has 4 aliphatic rings. The van der Waals surface area contributed by atoms with Crippen LogP contribution >= 0.6 is 0 Å². The van der Waals surface area contributed by atoms with E-state index in [1.807, 2.05) is 0 Å². The number of aliphatic hydroxyl groups is 2. The number of quaternary nitrogens is 2. The van der Waals surface area contributed by atoms with E-state index in [2.05, 4.69) is 62.6 Å². The van der Waals surface area contributed by atoms with Gasteiger partial charge in [0.05, 0.1) is 12.2 Å². The predicted molar refractivity (Wildman–Crippen MR) is 248 cm³/mol. The first kappa shape index (κ1) is 46.6. The molecule has 6 N–H and O–H groups in total. The summed E-state index contributed by atoms with van der Waals surface area (Å²) in [4.78, 5) is 51.2. The molecule has 14 heteroatoms. The Morgan fingerprint density at radius 1 is 0.606 bits per heavy atom. The Labute approximate surface area is 383 Å². The number of esters is 2. The van der Waals surface area contributed by atoms with Crippen molar-refractivity contribution in [1.82, 2.24) is 10.6 Å². The van der Waals surface area contributed by atoms with Gasteiger partial charge < -0.3 is 40.7 Å². The van der Waals surface area contributed by atoms with Crippen molar-refractivity contribution in [3.05, 3.63) is 150 Å². The Morgan fingerprint density at radius 3 is 1.26 bits per heavy atom. The number of aryl methyl sites for hydroxylation is 4. The van der Waals surface area contributed by atoms with Gasteiger partial charge in [-0.2, -0.15) is 0 Å². The van der Waals surface area contributed by atoms with Crippen LogP contribution in [0.5, 0.6) is 11.5 Å². The van der Waals surface area contributed by atoms with E-state index in [9.17, 15) is 39.8 Å². The molecule has 0 fully saturated rings. The summed E-state index contributed by atoms with van der Waals surface area (Å²) in [5, 5.41) is 54.2. The van der Waals surface area contributed by atoms with Gasteiger partial charge in [0.2, 0.25) is 0 Å². The standard InChI is InChI=1S/C52H56N4O10/c1-5-29-19-33-23-37(24-34(33)20-30(29)6-2)53-27-43(57)39-9-13-45(51-41(39)11-15-47(59)55(51)63)65-49(61)17-18-50(62)66-46-14-10-40(42-12-16-48(60)56(64)52(42)46)44(58)28-54-38-25-35-21-31(7-3)32(8-4)22-36(35)26-38/h9-22,37-38,43-44,53-58H,5-8,23-28H2,1-4H3/b18-17-/t43-,44-/m0/s1. The Kier molecular flexibility index (Phi) is 14.0. The van der Waals surface area contributed by atoms with Crippen molar-refractivity contribution in [3.8, 4) is 11.5 Å². The van der Waals surface area contributed by atoms with Crippen molar-refractivity contribution >= 4 is 47.3 Å². The van der Waals surface area contributed by atoms with E-state index in [4.69, 9.17) is 9.47 Å². The highest BCUT2D eigenvalue weighted by molar-refractivity contribution is 5.97. The van der Waals surface area contributed by atoms with E-state index in [0.29, 0.717) is 11.1 Å². The average Bonchev–Trinajstić information content (AvgIpc) is 3.92. The highest BCUT2D eigenvalue weighted by atomic mass is 16.6. The highest BCUT2D eigenvalue weighted by Gasteiger charge is 2.33. The number of hydrogen-bond acceptors (Lipinski definition) is 12. The van der Waals surface area contributed by atoms with E-state index in [-0.39, 0.29) is 59.2 Å². The smallest absolute Gasteiger partial charge is 0.342 e. The number of rotatable bonds is 16. The zero-order valence-corrected chi connectivity index (χ0v) is 37.6. The molecule has 2 heterocycles. The van der Waals surface area contributed by atoms with Gasteiger partial charge in [0.25, 0.3) is 0 Å². The van der Waals surface area contributed by atoms with Gasteiger partial charge in [-0.05, 0) is 131 Å². The molecule has 0 spiro atoms. The SMILES string of the molecule is CCc1cc2c(cc1CC)CC(NC[C@H](O)c1ccc(OC(=O)/C=C\C(=O)Oc3ccc([C@@H](O)CNC4Cc5cc(CC)c(CC)cc5C4)c4c3[NH+]([O-])C(=O)C=C4)c3c1C=CC(=O)[NH+]3[O-])C2. The minimum Gasteiger partial charge on any atom is -0.621 e. The second-order valence-electron chi connectivity index (χ2n) is 17.4. The number of ether oxygens (including phenoxy) is 2. The molecule has 8 rings (SSSR count). The van der Waals surface area contributed by atoms with Crippen LogP contribution in [0.1, 0.15) is 107 Å². The Hall–Kier alpha value is -5.94. The topological polar surface area (TPSA) is 206 Å². The third-order valence-corrected chi connectivity index (χ3v) is 13.3. The second kappa shape index (κ2) is 19.9. The van der Waals surface area contributed by atoms with Gasteiger partial charge >= 0.3 is 23.8 Å². The Morgan fingerprint density at radius 2 is 0.939 bits per heavy atom. The molecule has 66 heavy (non-hydrogen) atoms. The van der Waals surface area contributed by atoms with Gasteiger partial charge in [0, 0.05) is 60.6 Å². The van der Waals surface area contributed by atoms with Crippen LogP contribution in [0.3, 0.4) is 0 Å². The molecular formula is C52H56N4O10. The summed E-state index contributed by atoms with van der Waals surface area (Å²) in [7, 11) is 0. The lowest BCUT2D eigenvalue weighted by Crippen LogP contribution is -3.05. The maximum absolute atomic E-state index is 13.2. The van der Waals surface area contributed by atoms with Crippen molar-refractivity contribution < 1.29 is 49.0 Å². The highest BCUT2D eigenvalue weighted by Crippen LogP contribution is 2.37. The van der Waals surface area contributed by atoms with Crippen LogP contribution < -0.4 is 30.2 Å². The van der Waals surface area contributed by atoms with Gasteiger partial charge in [0.15, 0.2) is 22.9 Å². The molecule has 4 aromatic carbocycles. The van der Waals surface area contributed by atoms with Crippen molar-refractivity contribution in [1.29, 1.82) is 0 Å². The molecule has 0 bridgehead atoms. The summed E-state index contributed by atoms with van der Waals surface area (Å²) >= 11 is 0. The van der Waals surface area contributed by atoms with Crippen LogP contribution in [0.15, 0.2) is 72.8 Å². The van der Waals surface area contributed by atoms with Crippen molar-refractivity contribution in [2.45, 2.75) is 103 Å². The van der Waals surface area contributed by atoms with Crippen LogP contribution in [-0.2, 0) is 70.5 Å². The first-order valence-electron chi connectivity index (χ1n) is 22.9. The van der Waals surface area contributed by atoms with Crippen LogP contribution in [0, 0.1) is 10.4 Å². The Balaban J connectivity index is 0.911. The minimum absolute atomic E-state index is 0.106. The average molecular weight is 897 g/mol. The van der Waals surface area contributed by atoms with Crippen molar-refractivity contribution in [2.75, 3.05) is 13.1 Å². The van der Waals surface area contributed by atoms with Crippen LogP contribution in [-0.4, -0.2) is 59.1 Å². The number of benzene rings is 4. The van der Waals surface area contributed by atoms with E-state index in [0.717, 1.165) is 75.7 Å². The number of nitrogens with one attached hydrogen (secondary N) is 4. The number of fused-ring (bicyclic) bond motifs is 4. The van der Waals surface area contributed by atoms with Gasteiger partial charge in [-0.3, -0.25) is 10.1 Å². The van der Waals surface area contributed by atoms with Gasteiger partial charge in [0.1, 0.15) is 0 Å². The number of carbonyl (C=O) groups is 4. The summed E-state index contributed by atoms with van der Waals surface area (Å²) in [6.45, 7) is 8.95. The maximum Gasteiger partial charge on any atom is 0.342 e. The number of hydroxylamine groups is 2. The van der Waals surface area contributed by atoms with E-state index >= 15 is 0 Å². The molecule has 0 saturated carbocycles. The molecule has 344 valence electrons. The lowest BCUT2D eigenvalue weighted by Gasteiger charge is -2.27. The third-order valence-electron chi connectivity index (χ3n) is 13.3. The molecule has 2 aliphatic heterocycles. The molecule has 14 nitrogen and oxygen atoms in total. The first-order chi connectivity index (χ1) is 31.8. The molecule has 0 aromatic heterocycles. The van der Waals surface area contributed by atoms with Crippen LogP contribution in [0.25, 0.3) is 12.2 Å². The molecule has 2 amide bonds. The zero-order chi connectivity index (χ0) is 46.8. The largest absolute Gasteiger partial charge is 0.621 e. The van der Waals surface area contributed by atoms with E-state index in [1.165, 1.54) is 80.9 Å². The number of hydrogen-bond donors (Lipinski definition) is 6. The number of aliphatic hydroxyl groups excluding tert-OH is 2. The van der Waals surface area contributed by atoms with Gasteiger partial charge in [-0.15, -0.1) is 0 Å². The van der Waals surface area contributed by atoms with E-state index in [1.54, 1.807) is 0 Å². The summed E-state index contributed by atoms with van der Waals surface area (Å²) in [6.07, 6.45) is 11.6. The van der Waals surface area contributed by atoms with E-state index < -0.39 is 46.1 Å². The molecule has 2 unspecified atom stereocenters. The molecule has 4 atom stereocenters. The summed E-state index contributed by atoms with van der Waals surface area (Å²) in [5.41, 5.74) is 11.4. The minimum atomic E-state index is -1.08. The third kappa shape index (κ3) is 9.50. The molecule has 2 aliphatic carbocycles. The predicted octanol–water partition coefficient (Wildman–Crippen LogP) is 3.72. The molecule has 4 aromatic rings. The van der Waals surface area contributed by atoms with Crippen molar-refractivity contribution in [3.63, 3.8) is 0 Å².